The standard InChI is InChI=1S/C12H16O2S2/c1-12(2)11(13)10(15-16-12)8-4-6-9(14-3)7-5-8/h4-7,10-11,13H,1-3H3. The van der Waals surface area contributed by atoms with Gasteiger partial charge in [-0.1, -0.05) is 33.7 Å². The van der Waals surface area contributed by atoms with Crippen molar-refractivity contribution in [3.63, 3.8) is 0 Å². The molecule has 1 heterocycles. The molecule has 0 saturated carbocycles. The SMILES string of the molecule is COc1ccc(C2SSC(C)(C)C2O)cc1. The maximum Gasteiger partial charge on any atom is 0.118 e. The lowest BCUT2D eigenvalue weighted by atomic mass is 9.98. The maximum absolute atomic E-state index is 10.2. The Morgan fingerprint density at radius 2 is 1.88 bits per heavy atom. The highest BCUT2D eigenvalue weighted by Gasteiger charge is 2.43. The van der Waals surface area contributed by atoms with Gasteiger partial charge in [-0.2, -0.15) is 0 Å². The minimum Gasteiger partial charge on any atom is -0.497 e. The Kier molecular flexibility index (Phi) is 3.42. The molecule has 0 radical (unpaired) electrons. The molecule has 2 nitrogen and oxygen atoms in total. The average Bonchev–Trinajstić information content (AvgIpc) is 2.55. The summed E-state index contributed by atoms with van der Waals surface area (Å²) in [7, 11) is 5.17. The van der Waals surface area contributed by atoms with Gasteiger partial charge in [0, 0.05) is 4.75 Å². The van der Waals surface area contributed by atoms with Crippen LogP contribution in [0.3, 0.4) is 0 Å². The summed E-state index contributed by atoms with van der Waals surface area (Å²) < 4.78 is 5.05. The van der Waals surface area contributed by atoms with Gasteiger partial charge in [-0.15, -0.1) is 0 Å². The molecule has 88 valence electrons. The molecule has 1 aromatic carbocycles. The number of ether oxygens (including phenoxy) is 1. The summed E-state index contributed by atoms with van der Waals surface area (Å²) in [4.78, 5) is 0. The topological polar surface area (TPSA) is 29.5 Å². The zero-order valence-electron chi connectivity index (χ0n) is 9.64. The molecule has 1 aromatic rings. The third kappa shape index (κ3) is 2.19. The summed E-state index contributed by atoms with van der Waals surface area (Å²) >= 11 is 0. The Labute approximate surface area is 104 Å². The molecule has 0 bridgehead atoms. The van der Waals surface area contributed by atoms with E-state index >= 15 is 0 Å². The number of methoxy groups -OCH3 is 1. The molecule has 1 aliphatic rings. The zero-order chi connectivity index (χ0) is 11.8. The number of benzene rings is 1. The molecule has 16 heavy (non-hydrogen) atoms. The van der Waals surface area contributed by atoms with Gasteiger partial charge in [0.1, 0.15) is 5.75 Å². The lowest BCUT2D eigenvalue weighted by Crippen LogP contribution is -2.31. The van der Waals surface area contributed by atoms with Gasteiger partial charge < -0.3 is 9.84 Å². The third-order valence-corrected chi connectivity index (χ3v) is 6.51. The molecule has 0 aromatic heterocycles. The number of hydrogen-bond donors (Lipinski definition) is 1. The Bertz CT molecular complexity index is 362. The summed E-state index contributed by atoms with van der Waals surface area (Å²) in [5.41, 5.74) is 1.16. The van der Waals surface area contributed by atoms with Crippen LogP contribution in [0.25, 0.3) is 0 Å². The van der Waals surface area contributed by atoms with Crippen molar-refractivity contribution in [3.8, 4) is 5.75 Å². The first-order chi connectivity index (χ1) is 7.54. The van der Waals surface area contributed by atoms with Crippen LogP contribution in [0.15, 0.2) is 24.3 Å². The van der Waals surface area contributed by atoms with Crippen molar-refractivity contribution < 1.29 is 9.84 Å². The summed E-state index contributed by atoms with van der Waals surface area (Å²) in [5, 5.41) is 10.4. The van der Waals surface area contributed by atoms with Crippen LogP contribution in [-0.2, 0) is 0 Å². The van der Waals surface area contributed by atoms with Crippen molar-refractivity contribution in [2.45, 2.75) is 29.9 Å². The van der Waals surface area contributed by atoms with Gasteiger partial charge >= 0.3 is 0 Å². The van der Waals surface area contributed by atoms with Crippen molar-refractivity contribution in [2.75, 3.05) is 7.11 Å². The second kappa shape index (κ2) is 4.51. The van der Waals surface area contributed by atoms with E-state index in [0.717, 1.165) is 11.3 Å². The van der Waals surface area contributed by atoms with Crippen molar-refractivity contribution >= 4 is 21.6 Å². The van der Waals surface area contributed by atoms with Crippen molar-refractivity contribution in [2.24, 2.45) is 0 Å². The summed E-state index contributed by atoms with van der Waals surface area (Å²) in [6.45, 7) is 4.16. The summed E-state index contributed by atoms with van der Waals surface area (Å²) in [5.74, 6) is 0.855. The molecule has 2 unspecified atom stereocenters. The number of aliphatic hydroxyl groups is 1. The molecule has 0 amide bonds. The molecular weight excluding hydrogens is 240 g/mol. The van der Waals surface area contributed by atoms with E-state index in [1.54, 1.807) is 28.7 Å². The van der Waals surface area contributed by atoms with E-state index in [1.165, 1.54) is 0 Å². The van der Waals surface area contributed by atoms with Gasteiger partial charge in [0.05, 0.1) is 18.5 Å². The minimum atomic E-state index is -0.309. The van der Waals surface area contributed by atoms with Crippen LogP contribution in [0.2, 0.25) is 0 Å². The van der Waals surface area contributed by atoms with Gasteiger partial charge in [-0.05, 0) is 31.5 Å². The number of aliphatic hydroxyl groups excluding tert-OH is 1. The average molecular weight is 256 g/mol. The fourth-order valence-corrected chi connectivity index (χ4v) is 5.06. The van der Waals surface area contributed by atoms with E-state index in [9.17, 15) is 5.11 Å². The smallest absolute Gasteiger partial charge is 0.118 e. The van der Waals surface area contributed by atoms with Gasteiger partial charge in [0.25, 0.3) is 0 Å². The van der Waals surface area contributed by atoms with E-state index in [0.29, 0.717) is 0 Å². The van der Waals surface area contributed by atoms with Crippen LogP contribution in [0.5, 0.6) is 5.75 Å². The highest BCUT2D eigenvalue weighted by Crippen LogP contribution is 2.57. The van der Waals surface area contributed by atoms with E-state index in [2.05, 4.69) is 13.8 Å². The summed E-state index contributed by atoms with van der Waals surface area (Å²) in [6.07, 6.45) is -0.309. The predicted molar refractivity (Wildman–Crippen MR) is 71.0 cm³/mol. The molecule has 4 heteroatoms. The predicted octanol–water partition coefficient (Wildman–Crippen LogP) is 3.27. The minimum absolute atomic E-state index is 0.0741. The van der Waals surface area contributed by atoms with E-state index in [1.807, 2.05) is 24.3 Å². The van der Waals surface area contributed by atoms with Crippen molar-refractivity contribution in [1.82, 2.24) is 0 Å². The van der Waals surface area contributed by atoms with Crippen LogP contribution in [0, 0.1) is 0 Å². The monoisotopic (exact) mass is 256 g/mol. The van der Waals surface area contributed by atoms with Crippen LogP contribution < -0.4 is 4.74 Å². The largest absolute Gasteiger partial charge is 0.497 e. The molecule has 1 N–H and O–H groups in total. The first-order valence-electron chi connectivity index (χ1n) is 5.21. The third-order valence-electron chi connectivity index (χ3n) is 2.81. The highest BCUT2D eigenvalue weighted by molar-refractivity contribution is 8.77. The molecule has 0 aliphatic carbocycles. The van der Waals surface area contributed by atoms with Crippen LogP contribution in [-0.4, -0.2) is 23.1 Å². The fraction of sp³-hybridized carbons (Fsp3) is 0.500. The van der Waals surface area contributed by atoms with E-state index in [4.69, 9.17) is 4.74 Å². The van der Waals surface area contributed by atoms with Gasteiger partial charge in [0.15, 0.2) is 0 Å². The normalized spacial score (nSPS) is 28.0. The first-order valence-corrected chi connectivity index (χ1v) is 7.42. The zero-order valence-corrected chi connectivity index (χ0v) is 11.3. The van der Waals surface area contributed by atoms with Gasteiger partial charge in [-0.25, -0.2) is 0 Å². The Hall–Kier alpha value is -0.320. The molecule has 1 saturated heterocycles. The van der Waals surface area contributed by atoms with Crippen LogP contribution >= 0.6 is 21.6 Å². The van der Waals surface area contributed by atoms with Crippen molar-refractivity contribution in [1.29, 1.82) is 0 Å². The van der Waals surface area contributed by atoms with E-state index in [-0.39, 0.29) is 16.1 Å². The molecule has 1 fully saturated rings. The number of rotatable bonds is 2. The fourth-order valence-electron chi connectivity index (χ4n) is 1.67. The Morgan fingerprint density at radius 3 is 2.31 bits per heavy atom. The molecular formula is C12H16O2S2. The molecule has 2 atom stereocenters. The second-order valence-electron chi connectivity index (χ2n) is 4.42. The first kappa shape index (κ1) is 12.1. The lowest BCUT2D eigenvalue weighted by molar-refractivity contribution is 0.143. The number of hydrogen-bond acceptors (Lipinski definition) is 4. The second-order valence-corrected chi connectivity index (χ2v) is 7.42. The van der Waals surface area contributed by atoms with Gasteiger partial charge in [0.2, 0.25) is 0 Å². The molecule has 0 spiro atoms. The molecule has 1 aliphatic heterocycles. The lowest BCUT2D eigenvalue weighted by Gasteiger charge is -2.23. The van der Waals surface area contributed by atoms with E-state index < -0.39 is 0 Å². The van der Waals surface area contributed by atoms with Gasteiger partial charge in [-0.3, -0.25) is 0 Å². The maximum atomic E-state index is 10.2. The van der Waals surface area contributed by atoms with Crippen molar-refractivity contribution in [3.05, 3.63) is 29.8 Å². The van der Waals surface area contributed by atoms with Crippen LogP contribution in [0.4, 0.5) is 0 Å². The summed E-state index contributed by atoms with van der Waals surface area (Å²) in [6, 6.07) is 7.94. The molecule has 2 rings (SSSR count). The van der Waals surface area contributed by atoms with Crippen LogP contribution in [0.1, 0.15) is 24.7 Å². The quantitative estimate of drug-likeness (QED) is 0.822. The Balaban J connectivity index is 2.19. The highest BCUT2D eigenvalue weighted by atomic mass is 33.1. The Morgan fingerprint density at radius 1 is 1.25 bits per heavy atom.